The van der Waals surface area contributed by atoms with Gasteiger partial charge in [-0.3, -0.25) is 4.79 Å². The van der Waals surface area contributed by atoms with Crippen molar-refractivity contribution in [3.8, 4) is 0 Å². The van der Waals surface area contributed by atoms with Crippen LogP contribution < -0.4 is 11.1 Å². The zero-order valence-corrected chi connectivity index (χ0v) is 10.0. The maximum atomic E-state index is 11.6. The summed E-state index contributed by atoms with van der Waals surface area (Å²) < 4.78 is 0. The lowest BCUT2D eigenvalue weighted by Crippen LogP contribution is -2.44. The van der Waals surface area contributed by atoms with E-state index in [9.17, 15) is 4.79 Å². The molecular formula is C12H24N2O. The van der Waals surface area contributed by atoms with Crippen molar-refractivity contribution < 1.29 is 4.79 Å². The number of nitrogens with one attached hydrogen (secondary N) is 1. The predicted molar refractivity (Wildman–Crippen MR) is 62.4 cm³/mol. The first-order valence-corrected chi connectivity index (χ1v) is 6.11. The molecular weight excluding hydrogens is 188 g/mol. The zero-order chi connectivity index (χ0) is 11.3. The molecule has 0 spiro atoms. The van der Waals surface area contributed by atoms with Gasteiger partial charge in [-0.1, -0.05) is 26.7 Å². The molecule has 3 heteroatoms. The van der Waals surface area contributed by atoms with E-state index in [4.69, 9.17) is 5.73 Å². The molecule has 15 heavy (non-hydrogen) atoms. The summed E-state index contributed by atoms with van der Waals surface area (Å²) in [4.78, 5) is 11.6. The maximum absolute atomic E-state index is 11.6. The number of carbonyl (C=O) groups excluding carboxylic acids is 1. The molecule has 1 saturated carbocycles. The largest absolute Gasteiger partial charge is 0.355 e. The van der Waals surface area contributed by atoms with Crippen molar-refractivity contribution in [2.75, 3.05) is 13.1 Å². The number of nitrogens with two attached hydrogens (primary N) is 1. The molecule has 1 aliphatic carbocycles. The fraction of sp³-hybridized carbons (Fsp3) is 0.917. The van der Waals surface area contributed by atoms with Crippen molar-refractivity contribution in [1.29, 1.82) is 0 Å². The van der Waals surface area contributed by atoms with Crippen LogP contribution >= 0.6 is 0 Å². The lowest BCUT2D eigenvalue weighted by molar-refractivity contribution is -0.125. The van der Waals surface area contributed by atoms with Gasteiger partial charge in [0.25, 0.3) is 0 Å². The van der Waals surface area contributed by atoms with Crippen LogP contribution in [0.5, 0.6) is 0 Å². The fourth-order valence-electron chi connectivity index (χ4n) is 2.28. The van der Waals surface area contributed by atoms with Crippen molar-refractivity contribution in [2.45, 2.75) is 46.0 Å². The van der Waals surface area contributed by atoms with Crippen LogP contribution in [0, 0.1) is 11.3 Å². The van der Waals surface area contributed by atoms with Gasteiger partial charge in [0.2, 0.25) is 5.91 Å². The lowest BCUT2D eigenvalue weighted by atomic mass is 9.66. The number of carbonyl (C=O) groups is 1. The molecule has 0 aromatic carbocycles. The van der Waals surface area contributed by atoms with E-state index in [0.717, 1.165) is 6.54 Å². The van der Waals surface area contributed by atoms with Gasteiger partial charge in [-0.15, -0.1) is 0 Å². The Bertz CT molecular complexity index is 212. The Balaban J connectivity index is 2.31. The van der Waals surface area contributed by atoms with E-state index in [1.807, 2.05) is 6.92 Å². The molecule has 1 atom stereocenters. The highest BCUT2D eigenvalue weighted by molar-refractivity contribution is 5.78. The lowest BCUT2D eigenvalue weighted by Gasteiger charge is -2.42. The molecule has 0 aromatic rings. The minimum Gasteiger partial charge on any atom is -0.355 e. The molecule has 1 aliphatic rings. The second-order valence-electron chi connectivity index (χ2n) is 4.96. The molecule has 1 unspecified atom stereocenters. The van der Waals surface area contributed by atoms with E-state index in [2.05, 4.69) is 12.2 Å². The van der Waals surface area contributed by atoms with Crippen LogP contribution in [0.15, 0.2) is 0 Å². The molecule has 0 radical (unpaired) electrons. The number of hydrogen-bond acceptors (Lipinski definition) is 2. The minimum absolute atomic E-state index is 0.0521. The van der Waals surface area contributed by atoms with Crippen LogP contribution in [-0.4, -0.2) is 19.0 Å². The summed E-state index contributed by atoms with van der Waals surface area (Å²) in [7, 11) is 0. The molecule has 88 valence electrons. The average molecular weight is 212 g/mol. The smallest absolute Gasteiger partial charge is 0.224 e. The summed E-state index contributed by atoms with van der Waals surface area (Å²) in [6, 6.07) is 0. The second-order valence-corrected chi connectivity index (χ2v) is 4.96. The van der Waals surface area contributed by atoms with Crippen LogP contribution in [0.2, 0.25) is 0 Å². The highest BCUT2D eigenvalue weighted by atomic mass is 16.1. The summed E-state index contributed by atoms with van der Waals surface area (Å²) in [5.74, 6) is 0.0589. The van der Waals surface area contributed by atoms with Gasteiger partial charge in [0.15, 0.2) is 0 Å². The Morgan fingerprint density at radius 2 is 2.20 bits per heavy atom. The van der Waals surface area contributed by atoms with Crippen molar-refractivity contribution >= 4 is 5.91 Å². The first-order valence-electron chi connectivity index (χ1n) is 6.11. The Morgan fingerprint density at radius 1 is 1.53 bits per heavy atom. The minimum atomic E-state index is -0.0521. The molecule has 3 nitrogen and oxygen atoms in total. The van der Waals surface area contributed by atoms with Gasteiger partial charge in [0.1, 0.15) is 0 Å². The van der Waals surface area contributed by atoms with Gasteiger partial charge >= 0.3 is 0 Å². The van der Waals surface area contributed by atoms with Crippen LogP contribution in [0.3, 0.4) is 0 Å². The third kappa shape index (κ3) is 3.20. The summed E-state index contributed by atoms with van der Waals surface area (Å²) in [6.45, 7) is 5.38. The quantitative estimate of drug-likeness (QED) is 0.703. The van der Waals surface area contributed by atoms with E-state index in [1.165, 1.54) is 32.1 Å². The summed E-state index contributed by atoms with van der Waals surface area (Å²) in [5, 5.41) is 3.04. The van der Waals surface area contributed by atoms with Crippen molar-refractivity contribution in [3.63, 3.8) is 0 Å². The highest BCUT2D eigenvalue weighted by Gasteiger charge is 2.36. The van der Waals surface area contributed by atoms with Gasteiger partial charge in [-0.25, -0.2) is 0 Å². The van der Waals surface area contributed by atoms with E-state index in [1.54, 1.807) is 0 Å². The molecule has 0 heterocycles. The van der Waals surface area contributed by atoms with Crippen molar-refractivity contribution in [3.05, 3.63) is 0 Å². The van der Waals surface area contributed by atoms with E-state index in [-0.39, 0.29) is 11.8 Å². The fourth-order valence-corrected chi connectivity index (χ4v) is 2.28. The Labute approximate surface area is 92.8 Å². The first-order chi connectivity index (χ1) is 7.13. The topological polar surface area (TPSA) is 55.1 Å². The Kier molecular flexibility index (Phi) is 4.58. The molecule has 0 saturated heterocycles. The molecule has 3 N–H and O–H groups in total. The molecule has 1 rings (SSSR count). The molecule has 1 amide bonds. The maximum Gasteiger partial charge on any atom is 0.224 e. The normalized spacial score (nSPS) is 20.5. The van der Waals surface area contributed by atoms with Crippen LogP contribution in [0.1, 0.15) is 46.0 Å². The van der Waals surface area contributed by atoms with E-state index in [0.29, 0.717) is 12.0 Å². The van der Waals surface area contributed by atoms with Gasteiger partial charge in [-0.05, 0) is 24.7 Å². The second kappa shape index (κ2) is 5.50. The van der Waals surface area contributed by atoms with Crippen LogP contribution in [-0.2, 0) is 4.79 Å². The number of hydrogen-bond donors (Lipinski definition) is 2. The average Bonchev–Trinajstić information content (AvgIpc) is 2.20. The molecule has 0 aromatic heterocycles. The van der Waals surface area contributed by atoms with Gasteiger partial charge in [-0.2, -0.15) is 0 Å². The van der Waals surface area contributed by atoms with Gasteiger partial charge < -0.3 is 11.1 Å². The SMILES string of the molecule is CCCC1(CNC(=O)C(C)CN)CCC1. The third-order valence-corrected chi connectivity index (χ3v) is 3.63. The highest BCUT2D eigenvalue weighted by Crippen LogP contribution is 2.44. The first kappa shape index (κ1) is 12.5. The van der Waals surface area contributed by atoms with E-state index < -0.39 is 0 Å². The Hall–Kier alpha value is -0.570. The van der Waals surface area contributed by atoms with Gasteiger partial charge in [0.05, 0.1) is 0 Å². The zero-order valence-electron chi connectivity index (χ0n) is 10.0. The van der Waals surface area contributed by atoms with Crippen molar-refractivity contribution in [2.24, 2.45) is 17.1 Å². The monoisotopic (exact) mass is 212 g/mol. The van der Waals surface area contributed by atoms with Crippen molar-refractivity contribution in [1.82, 2.24) is 5.32 Å². The third-order valence-electron chi connectivity index (χ3n) is 3.63. The van der Waals surface area contributed by atoms with Gasteiger partial charge in [0, 0.05) is 19.0 Å². The van der Waals surface area contributed by atoms with Crippen LogP contribution in [0.25, 0.3) is 0 Å². The molecule has 0 aliphatic heterocycles. The van der Waals surface area contributed by atoms with E-state index >= 15 is 0 Å². The summed E-state index contributed by atoms with van der Waals surface area (Å²) in [6.07, 6.45) is 6.32. The summed E-state index contributed by atoms with van der Waals surface area (Å²) in [5.41, 5.74) is 5.87. The summed E-state index contributed by atoms with van der Waals surface area (Å²) >= 11 is 0. The van der Waals surface area contributed by atoms with Crippen LogP contribution in [0.4, 0.5) is 0 Å². The standard InChI is InChI=1S/C12H24N2O/c1-3-5-12(6-4-7-12)9-14-11(15)10(2)8-13/h10H,3-9,13H2,1-2H3,(H,14,15). The molecule has 1 fully saturated rings. The number of rotatable bonds is 6. The molecule has 0 bridgehead atoms. The Morgan fingerprint density at radius 3 is 2.60 bits per heavy atom. The number of amides is 1. The predicted octanol–water partition coefficient (Wildman–Crippen LogP) is 1.67.